The van der Waals surface area contributed by atoms with Gasteiger partial charge in [0.2, 0.25) is 0 Å². The molecule has 0 spiro atoms. The van der Waals surface area contributed by atoms with Crippen molar-refractivity contribution in [1.29, 1.82) is 0 Å². The van der Waals surface area contributed by atoms with Crippen molar-refractivity contribution < 1.29 is 9.59 Å². The first kappa shape index (κ1) is 17.2. The van der Waals surface area contributed by atoms with Crippen molar-refractivity contribution in [2.75, 3.05) is 26.7 Å². The molecule has 5 heteroatoms. The third kappa shape index (κ3) is 2.81. The molecule has 0 fully saturated rings. The first-order valence-corrected chi connectivity index (χ1v) is 9.43. The SMILES string of the molecule is CN(CCCN)CCCC1Cc2ccc3c4c(ccc1c24)C(=O)NC3=O. The fourth-order valence-electron chi connectivity index (χ4n) is 4.44. The molecular formula is C21H25N3O2. The summed E-state index contributed by atoms with van der Waals surface area (Å²) in [7, 11) is 2.15. The summed E-state index contributed by atoms with van der Waals surface area (Å²) >= 11 is 0. The minimum atomic E-state index is -0.281. The van der Waals surface area contributed by atoms with E-state index in [0.717, 1.165) is 56.1 Å². The highest BCUT2D eigenvalue weighted by Gasteiger charge is 2.32. The Kier molecular flexibility index (Phi) is 4.51. The number of nitrogens with zero attached hydrogens (tertiary/aromatic N) is 1. The van der Waals surface area contributed by atoms with Crippen molar-refractivity contribution in [2.45, 2.75) is 31.6 Å². The Balaban J connectivity index is 1.58. The molecule has 0 saturated carbocycles. The molecule has 0 radical (unpaired) electrons. The van der Waals surface area contributed by atoms with Crippen LogP contribution in [0.2, 0.25) is 0 Å². The van der Waals surface area contributed by atoms with Gasteiger partial charge in [0.05, 0.1) is 0 Å². The van der Waals surface area contributed by atoms with Gasteiger partial charge in [0.1, 0.15) is 0 Å². The van der Waals surface area contributed by atoms with E-state index < -0.39 is 0 Å². The molecule has 2 aromatic rings. The zero-order valence-corrected chi connectivity index (χ0v) is 15.2. The number of hydrogen-bond donors (Lipinski definition) is 2. The lowest BCUT2D eigenvalue weighted by Gasteiger charge is -2.19. The molecule has 2 amide bonds. The molecule has 1 aliphatic carbocycles. The number of carbonyl (C=O) groups is 2. The van der Waals surface area contributed by atoms with Gasteiger partial charge in [-0.1, -0.05) is 12.1 Å². The van der Waals surface area contributed by atoms with Crippen LogP contribution in [0.3, 0.4) is 0 Å². The van der Waals surface area contributed by atoms with Crippen LogP contribution >= 0.6 is 0 Å². The van der Waals surface area contributed by atoms with Crippen LogP contribution in [0, 0.1) is 0 Å². The number of imide groups is 1. The number of nitrogens with two attached hydrogens (primary N) is 1. The summed E-state index contributed by atoms with van der Waals surface area (Å²) in [5.41, 5.74) is 9.40. The molecule has 0 saturated heterocycles. The van der Waals surface area contributed by atoms with Gasteiger partial charge < -0.3 is 10.6 Å². The predicted molar refractivity (Wildman–Crippen MR) is 103 cm³/mol. The van der Waals surface area contributed by atoms with Crippen LogP contribution in [0.25, 0.3) is 10.8 Å². The normalized spacial score (nSPS) is 18.0. The average molecular weight is 351 g/mol. The molecule has 3 N–H and O–H groups in total. The predicted octanol–water partition coefficient (Wildman–Crippen LogP) is 2.42. The summed E-state index contributed by atoms with van der Waals surface area (Å²) in [5.74, 6) is -0.0929. The van der Waals surface area contributed by atoms with Gasteiger partial charge in [0.15, 0.2) is 0 Å². The molecule has 0 bridgehead atoms. The van der Waals surface area contributed by atoms with E-state index in [4.69, 9.17) is 5.73 Å². The minimum Gasteiger partial charge on any atom is -0.330 e. The van der Waals surface area contributed by atoms with E-state index in [2.05, 4.69) is 29.4 Å². The van der Waals surface area contributed by atoms with Gasteiger partial charge in [-0.25, -0.2) is 0 Å². The van der Waals surface area contributed by atoms with Crippen molar-refractivity contribution in [1.82, 2.24) is 10.2 Å². The number of hydrogen-bond acceptors (Lipinski definition) is 4. The smallest absolute Gasteiger partial charge is 0.258 e. The van der Waals surface area contributed by atoms with E-state index in [1.165, 1.54) is 11.1 Å². The first-order valence-electron chi connectivity index (χ1n) is 9.43. The van der Waals surface area contributed by atoms with E-state index in [0.29, 0.717) is 17.0 Å². The topological polar surface area (TPSA) is 75.4 Å². The van der Waals surface area contributed by atoms with Gasteiger partial charge in [0.25, 0.3) is 11.8 Å². The van der Waals surface area contributed by atoms with Gasteiger partial charge >= 0.3 is 0 Å². The Morgan fingerprint density at radius 1 is 1.04 bits per heavy atom. The quantitative estimate of drug-likeness (QED) is 0.751. The maximum absolute atomic E-state index is 12.2. The lowest BCUT2D eigenvalue weighted by atomic mass is 9.90. The summed E-state index contributed by atoms with van der Waals surface area (Å²) in [6, 6.07) is 7.91. The highest BCUT2D eigenvalue weighted by molar-refractivity contribution is 6.26. The molecule has 5 nitrogen and oxygen atoms in total. The van der Waals surface area contributed by atoms with E-state index in [-0.39, 0.29) is 11.8 Å². The highest BCUT2D eigenvalue weighted by atomic mass is 16.2. The standard InChI is InChI=1S/C21H25N3O2/c1-24(11-3-9-22)10-2-4-13-12-14-5-6-16-19-17(21(26)23-20(16)25)8-7-15(13)18(14)19/h5-8,13H,2-4,9-12,22H2,1H3,(H,23,25,26). The van der Waals surface area contributed by atoms with Gasteiger partial charge in [-0.3, -0.25) is 14.9 Å². The lowest BCUT2D eigenvalue weighted by molar-refractivity contribution is 0.0845. The van der Waals surface area contributed by atoms with Crippen molar-refractivity contribution in [2.24, 2.45) is 5.73 Å². The number of carbonyl (C=O) groups excluding carboxylic acids is 2. The van der Waals surface area contributed by atoms with Gasteiger partial charge in [-0.15, -0.1) is 0 Å². The monoisotopic (exact) mass is 351 g/mol. The zero-order valence-electron chi connectivity index (χ0n) is 15.2. The molecule has 1 atom stereocenters. The van der Waals surface area contributed by atoms with Crippen LogP contribution in [-0.4, -0.2) is 43.4 Å². The Bertz CT molecular complexity index is 870. The van der Waals surface area contributed by atoms with Crippen molar-refractivity contribution in [3.8, 4) is 0 Å². The van der Waals surface area contributed by atoms with Crippen molar-refractivity contribution >= 4 is 22.6 Å². The van der Waals surface area contributed by atoms with Gasteiger partial charge in [0, 0.05) is 16.5 Å². The van der Waals surface area contributed by atoms with Crippen LogP contribution in [0.15, 0.2) is 24.3 Å². The molecule has 1 aliphatic heterocycles. The summed E-state index contributed by atoms with van der Waals surface area (Å²) in [6.45, 7) is 2.85. The third-order valence-corrected chi connectivity index (χ3v) is 5.74. The van der Waals surface area contributed by atoms with Crippen LogP contribution in [0.1, 0.15) is 57.0 Å². The highest BCUT2D eigenvalue weighted by Crippen LogP contribution is 2.43. The second-order valence-electron chi connectivity index (χ2n) is 7.50. The van der Waals surface area contributed by atoms with Gasteiger partial charge in [-0.05, 0) is 86.9 Å². The molecule has 4 rings (SSSR count). The van der Waals surface area contributed by atoms with Crippen molar-refractivity contribution in [3.63, 3.8) is 0 Å². The molecule has 2 aliphatic rings. The second kappa shape index (κ2) is 6.82. The minimum absolute atomic E-state index is 0.281. The van der Waals surface area contributed by atoms with E-state index >= 15 is 0 Å². The number of amides is 2. The zero-order chi connectivity index (χ0) is 18.3. The second-order valence-corrected chi connectivity index (χ2v) is 7.50. The summed E-state index contributed by atoms with van der Waals surface area (Å²) in [5, 5.41) is 4.44. The summed E-state index contributed by atoms with van der Waals surface area (Å²) in [6.07, 6.45) is 4.28. The molecule has 26 heavy (non-hydrogen) atoms. The maximum Gasteiger partial charge on any atom is 0.258 e. The average Bonchev–Trinajstić information content (AvgIpc) is 2.99. The number of rotatable bonds is 7. The Hall–Kier alpha value is -2.24. The van der Waals surface area contributed by atoms with Crippen LogP contribution in [0.5, 0.6) is 0 Å². The Labute approximate surface area is 153 Å². The first-order chi connectivity index (χ1) is 12.6. The summed E-state index contributed by atoms with van der Waals surface area (Å²) in [4.78, 5) is 26.7. The molecule has 1 heterocycles. The van der Waals surface area contributed by atoms with Gasteiger partial charge in [-0.2, -0.15) is 0 Å². The fraction of sp³-hybridized carbons (Fsp3) is 0.429. The molecule has 0 aromatic heterocycles. The third-order valence-electron chi connectivity index (χ3n) is 5.74. The molecular weight excluding hydrogens is 326 g/mol. The number of benzene rings is 2. The van der Waals surface area contributed by atoms with Crippen LogP contribution in [-0.2, 0) is 6.42 Å². The summed E-state index contributed by atoms with van der Waals surface area (Å²) < 4.78 is 0. The van der Waals surface area contributed by atoms with Crippen LogP contribution < -0.4 is 11.1 Å². The Morgan fingerprint density at radius 2 is 1.73 bits per heavy atom. The van der Waals surface area contributed by atoms with Crippen LogP contribution in [0.4, 0.5) is 0 Å². The van der Waals surface area contributed by atoms with E-state index in [9.17, 15) is 9.59 Å². The molecule has 136 valence electrons. The fourth-order valence-corrected chi connectivity index (χ4v) is 4.44. The largest absolute Gasteiger partial charge is 0.330 e. The molecule has 2 aromatic carbocycles. The molecule has 1 unspecified atom stereocenters. The van der Waals surface area contributed by atoms with E-state index in [1.54, 1.807) is 0 Å². The van der Waals surface area contributed by atoms with E-state index in [1.807, 2.05) is 12.1 Å². The maximum atomic E-state index is 12.2. The number of nitrogens with one attached hydrogen (secondary N) is 1. The lowest BCUT2D eigenvalue weighted by Crippen LogP contribution is -2.34. The Morgan fingerprint density at radius 3 is 2.46 bits per heavy atom. The van der Waals surface area contributed by atoms with Crippen molar-refractivity contribution in [3.05, 3.63) is 46.5 Å².